The molecule has 0 fully saturated rings. The first-order chi connectivity index (χ1) is 13.3. The van der Waals surface area contributed by atoms with Gasteiger partial charge in [-0.2, -0.15) is 22.0 Å². The number of halogens is 5. The molecule has 13 heteroatoms. The van der Waals surface area contributed by atoms with Crippen LogP contribution in [0.4, 0.5) is 33.3 Å². The zero-order valence-corrected chi connectivity index (χ0v) is 14.9. The van der Waals surface area contributed by atoms with Gasteiger partial charge in [-0.25, -0.2) is 0 Å². The van der Waals surface area contributed by atoms with E-state index in [1.165, 1.54) is 5.32 Å². The van der Waals surface area contributed by atoms with Crippen molar-refractivity contribution >= 4 is 29.1 Å². The number of nitrogens with one attached hydrogen (secondary N) is 4. The maximum atomic E-state index is 12.9. The van der Waals surface area contributed by atoms with Gasteiger partial charge in [0.05, 0.1) is 17.9 Å². The number of aliphatic hydroxyl groups is 1. The van der Waals surface area contributed by atoms with Crippen molar-refractivity contribution in [3.63, 3.8) is 0 Å². The molecule has 0 saturated carbocycles. The lowest BCUT2D eigenvalue weighted by atomic mass is 10.0. The second-order valence-corrected chi connectivity index (χ2v) is 6.40. The van der Waals surface area contributed by atoms with E-state index in [1.807, 2.05) is 0 Å². The number of anilines is 2. The molecule has 1 aromatic carbocycles. The van der Waals surface area contributed by atoms with E-state index in [9.17, 15) is 41.4 Å². The van der Waals surface area contributed by atoms with Crippen LogP contribution in [0.3, 0.4) is 0 Å². The first-order valence-electron chi connectivity index (χ1n) is 8.15. The zero-order valence-electron chi connectivity index (χ0n) is 14.9. The Hall–Kier alpha value is -2.96. The minimum atomic E-state index is -5.92. The molecular formula is C16H17F5N4O4. The van der Waals surface area contributed by atoms with Crippen LogP contribution in [0, 0.1) is 0 Å². The second kappa shape index (κ2) is 7.81. The number of hydrogen-bond acceptors (Lipinski definition) is 5. The van der Waals surface area contributed by atoms with Crippen LogP contribution in [-0.2, 0) is 14.4 Å². The third-order valence-electron chi connectivity index (χ3n) is 4.07. The van der Waals surface area contributed by atoms with Crippen molar-refractivity contribution in [2.75, 3.05) is 23.7 Å². The molecule has 2 rings (SSSR count). The van der Waals surface area contributed by atoms with E-state index in [4.69, 9.17) is 0 Å². The summed E-state index contributed by atoms with van der Waals surface area (Å²) < 4.78 is 62.2. The maximum Gasteiger partial charge on any atom is 0.455 e. The summed E-state index contributed by atoms with van der Waals surface area (Å²) in [6.45, 7) is -1.71. The molecule has 1 heterocycles. The van der Waals surface area contributed by atoms with Gasteiger partial charge in [0.25, 0.3) is 11.8 Å². The number of benzene rings is 1. The molecule has 0 saturated heterocycles. The first kappa shape index (κ1) is 22.3. The van der Waals surface area contributed by atoms with E-state index in [2.05, 4.69) is 16.0 Å². The number of fused-ring (bicyclic) bond motifs is 1. The molecule has 0 aliphatic carbocycles. The summed E-state index contributed by atoms with van der Waals surface area (Å²) in [5.74, 6) is -9.20. The quantitative estimate of drug-likeness (QED) is 0.350. The van der Waals surface area contributed by atoms with Crippen LogP contribution in [-0.4, -0.2) is 59.7 Å². The Bertz CT molecular complexity index is 813. The van der Waals surface area contributed by atoms with E-state index in [0.717, 1.165) is 0 Å². The SMILES string of the molecule is CC(O)(C(=O)NCC(F)(F)C(F)(F)F)C(=O)NC1CNc2ccccc2NC1=O. The van der Waals surface area contributed by atoms with Gasteiger partial charge in [0.15, 0.2) is 0 Å². The predicted molar refractivity (Wildman–Crippen MR) is 90.1 cm³/mol. The Morgan fingerprint density at radius 1 is 1.14 bits per heavy atom. The molecule has 8 nitrogen and oxygen atoms in total. The highest BCUT2D eigenvalue weighted by Gasteiger charge is 2.58. The van der Waals surface area contributed by atoms with Crippen molar-refractivity contribution in [1.82, 2.24) is 10.6 Å². The third-order valence-corrected chi connectivity index (χ3v) is 4.07. The van der Waals surface area contributed by atoms with Gasteiger partial charge in [-0.3, -0.25) is 14.4 Å². The number of carbonyl (C=O) groups is 3. The number of para-hydroxylation sites is 2. The van der Waals surface area contributed by atoms with E-state index in [1.54, 1.807) is 24.3 Å². The van der Waals surface area contributed by atoms with Crippen molar-refractivity contribution in [1.29, 1.82) is 0 Å². The average Bonchev–Trinajstić information content (AvgIpc) is 2.77. The number of amides is 3. The van der Waals surface area contributed by atoms with Crippen LogP contribution in [0.15, 0.2) is 24.3 Å². The van der Waals surface area contributed by atoms with Gasteiger partial charge in [-0.05, 0) is 19.1 Å². The summed E-state index contributed by atoms with van der Waals surface area (Å²) in [4.78, 5) is 36.2. The molecule has 160 valence electrons. The van der Waals surface area contributed by atoms with Crippen LogP contribution in [0.2, 0.25) is 0 Å². The van der Waals surface area contributed by atoms with Crippen LogP contribution in [0.1, 0.15) is 6.92 Å². The first-order valence-corrected chi connectivity index (χ1v) is 8.15. The van der Waals surface area contributed by atoms with E-state index in [-0.39, 0.29) is 6.54 Å². The molecule has 3 amide bonds. The molecule has 1 aliphatic heterocycles. The van der Waals surface area contributed by atoms with Crippen LogP contribution < -0.4 is 21.3 Å². The van der Waals surface area contributed by atoms with E-state index < -0.39 is 48.0 Å². The molecule has 0 spiro atoms. The number of alkyl halides is 5. The Labute approximate surface area is 160 Å². The highest BCUT2D eigenvalue weighted by atomic mass is 19.4. The molecule has 0 bridgehead atoms. The lowest BCUT2D eigenvalue weighted by Gasteiger charge is -2.26. The fourth-order valence-electron chi connectivity index (χ4n) is 2.25. The number of carbonyl (C=O) groups excluding carboxylic acids is 3. The minimum Gasteiger partial charge on any atom is -0.381 e. The highest BCUT2D eigenvalue weighted by molar-refractivity contribution is 6.09. The molecule has 2 unspecified atom stereocenters. The second-order valence-electron chi connectivity index (χ2n) is 6.40. The van der Waals surface area contributed by atoms with Crippen LogP contribution >= 0.6 is 0 Å². The monoisotopic (exact) mass is 424 g/mol. The Balaban J connectivity index is 2.01. The van der Waals surface area contributed by atoms with Crippen LogP contribution in [0.25, 0.3) is 0 Å². The average molecular weight is 424 g/mol. The molecule has 0 aromatic heterocycles. The Kier molecular flexibility index (Phi) is 6.02. The van der Waals surface area contributed by atoms with Crippen molar-refractivity contribution in [2.45, 2.75) is 30.7 Å². The lowest BCUT2D eigenvalue weighted by Crippen LogP contribution is -2.61. The van der Waals surface area contributed by atoms with E-state index >= 15 is 0 Å². The molecule has 0 radical (unpaired) electrons. The molecule has 1 aromatic rings. The third kappa shape index (κ3) is 4.91. The van der Waals surface area contributed by atoms with Gasteiger partial charge < -0.3 is 26.4 Å². The summed E-state index contributed by atoms with van der Waals surface area (Å²) in [7, 11) is 0. The molecule has 29 heavy (non-hydrogen) atoms. The summed E-state index contributed by atoms with van der Waals surface area (Å²) in [5, 5.41) is 18.6. The minimum absolute atomic E-state index is 0.140. The number of rotatable bonds is 5. The number of hydrogen-bond donors (Lipinski definition) is 5. The molecule has 5 N–H and O–H groups in total. The normalized spacial score (nSPS) is 19.0. The van der Waals surface area contributed by atoms with Gasteiger partial charge in [-0.1, -0.05) is 12.1 Å². The van der Waals surface area contributed by atoms with Gasteiger partial charge in [0, 0.05) is 6.54 Å². The topological polar surface area (TPSA) is 120 Å². The smallest absolute Gasteiger partial charge is 0.381 e. The van der Waals surface area contributed by atoms with Crippen molar-refractivity contribution < 1.29 is 41.4 Å². The largest absolute Gasteiger partial charge is 0.455 e. The van der Waals surface area contributed by atoms with Crippen molar-refractivity contribution in [2.24, 2.45) is 0 Å². The van der Waals surface area contributed by atoms with Gasteiger partial charge >= 0.3 is 12.1 Å². The highest BCUT2D eigenvalue weighted by Crippen LogP contribution is 2.34. The maximum absolute atomic E-state index is 12.9. The summed E-state index contributed by atoms with van der Waals surface area (Å²) in [6.07, 6.45) is -5.92. The Morgan fingerprint density at radius 3 is 2.31 bits per heavy atom. The summed E-state index contributed by atoms with van der Waals surface area (Å²) in [5.41, 5.74) is -2.06. The van der Waals surface area contributed by atoms with Gasteiger partial charge in [0.2, 0.25) is 11.5 Å². The van der Waals surface area contributed by atoms with Crippen molar-refractivity contribution in [3.05, 3.63) is 24.3 Å². The zero-order chi connectivity index (χ0) is 22.0. The predicted octanol–water partition coefficient (Wildman–Crippen LogP) is 0.600. The summed E-state index contributed by atoms with van der Waals surface area (Å²) in [6, 6.07) is 5.28. The van der Waals surface area contributed by atoms with Gasteiger partial charge in [-0.15, -0.1) is 0 Å². The Morgan fingerprint density at radius 2 is 1.72 bits per heavy atom. The van der Waals surface area contributed by atoms with Crippen molar-refractivity contribution in [3.8, 4) is 0 Å². The molecule has 1 aliphatic rings. The fourth-order valence-corrected chi connectivity index (χ4v) is 2.25. The van der Waals surface area contributed by atoms with E-state index in [0.29, 0.717) is 18.3 Å². The summed E-state index contributed by atoms with van der Waals surface area (Å²) >= 11 is 0. The fraction of sp³-hybridized carbons (Fsp3) is 0.438. The molecule has 2 atom stereocenters. The molecular weight excluding hydrogens is 407 g/mol. The lowest BCUT2D eigenvalue weighted by molar-refractivity contribution is -0.278. The van der Waals surface area contributed by atoms with Gasteiger partial charge in [0.1, 0.15) is 6.04 Å². The standard InChI is InChI=1S/C16H17F5N4O4/c1-14(29,12(27)23-7-15(17,18)16(19,20)21)13(28)25-10-6-22-8-4-2-3-5-9(8)24-11(10)26/h2-5,10,22,29H,6-7H2,1H3,(H,23,27)(H,24,26)(H,25,28). The van der Waals surface area contributed by atoms with Crippen LogP contribution in [0.5, 0.6) is 0 Å².